The number of rotatable bonds is 6. The second kappa shape index (κ2) is 9.94. The van der Waals surface area contributed by atoms with Crippen molar-refractivity contribution in [1.29, 1.82) is 0 Å². The fourth-order valence-electron chi connectivity index (χ4n) is 1.82. The molecule has 0 aromatic carbocycles. The first kappa shape index (κ1) is 24.4. The molecule has 1 atom stereocenters. The molecule has 0 fully saturated rings. The first-order valence-corrected chi connectivity index (χ1v) is 8.40. The number of carbonyl (C=O) groups is 4. The number of carboxylic acids is 1. The highest BCUT2D eigenvalue weighted by Crippen LogP contribution is 2.19. The summed E-state index contributed by atoms with van der Waals surface area (Å²) in [6, 6.07) is -1.53. The highest BCUT2D eigenvalue weighted by molar-refractivity contribution is 5.93. The number of carboxylic acid groups (broad SMARTS) is 1. The van der Waals surface area contributed by atoms with Gasteiger partial charge in [-0.3, -0.25) is 0 Å². The molecule has 2 amide bonds. The van der Waals surface area contributed by atoms with Gasteiger partial charge in [0.1, 0.15) is 17.2 Å². The zero-order valence-corrected chi connectivity index (χ0v) is 16.9. The summed E-state index contributed by atoms with van der Waals surface area (Å²) in [5.41, 5.74) is -1.88. The summed E-state index contributed by atoms with van der Waals surface area (Å²) >= 11 is 0. The lowest BCUT2D eigenvalue weighted by atomic mass is 10.1. The highest BCUT2D eigenvalue weighted by Gasteiger charge is 2.39. The molecule has 0 saturated heterocycles. The lowest BCUT2D eigenvalue weighted by molar-refractivity contribution is -0.143. The summed E-state index contributed by atoms with van der Waals surface area (Å²) in [7, 11) is 1.21. The number of hydrogen-bond donors (Lipinski definition) is 1. The second-order valence-electron chi connectivity index (χ2n) is 7.69. The lowest BCUT2D eigenvalue weighted by Crippen LogP contribution is -2.51. The van der Waals surface area contributed by atoms with E-state index in [2.05, 4.69) is 4.74 Å². The van der Waals surface area contributed by atoms with E-state index in [0.29, 0.717) is 4.90 Å². The summed E-state index contributed by atoms with van der Waals surface area (Å²) in [6.07, 6.45) is 0.242. The molecule has 0 aliphatic carbocycles. The third-order valence-corrected chi connectivity index (χ3v) is 2.84. The predicted molar refractivity (Wildman–Crippen MR) is 96.1 cm³/mol. The van der Waals surface area contributed by atoms with Crippen LogP contribution in [0.15, 0.2) is 12.2 Å². The van der Waals surface area contributed by atoms with Gasteiger partial charge in [-0.05, 0) is 54.4 Å². The van der Waals surface area contributed by atoms with Crippen molar-refractivity contribution in [3.05, 3.63) is 12.2 Å². The van der Waals surface area contributed by atoms with Crippen molar-refractivity contribution in [3.8, 4) is 0 Å². The van der Waals surface area contributed by atoms with Crippen LogP contribution in [0.5, 0.6) is 0 Å². The average Bonchev–Trinajstić information content (AvgIpc) is 2.45. The van der Waals surface area contributed by atoms with Gasteiger partial charge in [0.25, 0.3) is 0 Å². The summed E-state index contributed by atoms with van der Waals surface area (Å²) in [5.74, 6) is -2.00. The van der Waals surface area contributed by atoms with Gasteiger partial charge in [-0.25, -0.2) is 19.2 Å². The molecule has 0 aliphatic rings. The number of methoxy groups -OCH3 is 1. The Morgan fingerprint density at radius 3 is 1.74 bits per heavy atom. The topological polar surface area (TPSA) is 119 Å². The average molecular weight is 387 g/mol. The van der Waals surface area contributed by atoms with Crippen LogP contribution in [-0.4, -0.2) is 58.5 Å². The molecule has 0 bridgehead atoms. The SMILES string of the molecule is COC(=O)/C=C/CCC(C(=O)O)N(C(=O)OC(C)(C)C)C(=O)OC(C)(C)C. The van der Waals surface area contributed by atoms with Crippen molar-refractivity contribution in [3.63, 3.8) is 0 Å². The van der Waals surface area contributed by atoms with E-state index in [4.69, 9.17) is 9.47 Å². The van der Waals surface area contributed by atoms with Gasteiger partial charge >= 0.3 is 24.1 Å². The summed E-state index contributed by atoms with van der Waals surface area (Å²) < 4.78 is 14.8. The Kier molecular flexibility index (Phi) is 8.99. The van der Waals surface area contributed by atoms with Crippen molar-refractivity contribution < 1.29 is 38.5 Å². The number of esters is 1. The molecule has 0 rings (SSSR count). The number of imide groups is 1. The van der Waals surface area contributed by atoms with E-state index in [-0.39, 0.29) is 12.8 Å². The quantitative estimate of drug-likeness (QED) is 0.419. The fourth-order valence-corrected chi connectivity index (χ4v) is 1.82. The maximum atomic E-state index is 12.5. The monoisotopic (exact) mass is 387 g/mol. The van der Waals surface area contributed by atoms with Gasteiger partial charge < -0.3 is 19.3 Å². The Labute approximate surface area is 159 Å². The minimum Gasteiger partial charge on any atom is -0.480 e. The van der Waals surface area contributed by atoms with Crippen LogP contribution in [-0.2, 0) is 23.8 Å². The van der Waals surface area contributed by atoms with Crippen molar-refractivity contribution >= 4 is 24.1 Å². The third kappa shape index (κ3) is 10.2. The van der Waals surface area contributed by atoms with Gasteiger partial charge in [0.2, 0.25) is 0 Å². The van der Waals surface area contributed by atoms with E-state index in [9.17, 15) is 24.3 Å². The van der Waals surface area contributed by atoms with Crippen LogP contribution in [0.4, 0.5) is 9.59 Å². The molecule has 154 valence electrons. The minimum absolute atomic E-state index is 0.105. The van der Waals surface area contributed by atoms with Crippen LogP contribution >= 0.6 is 0 Å². The van der Waals surface area contributed by atoms with Gasteiger partial charge in [-0.1, -0.05) is 6.08 Å². The Bertz CT molecular complexity index is 555. The first-order chi connectivity index (χ1) is 12.2. The largest absolute Gasteiger partial charge is 0.480 e. The molecule has 0 radical (unpaired) electrons. The molecule has 27 heavy (non-hydrogen) atoms. The summed E-state index contributed by atoms with van der Waals surface area (Å²) in [4.78, 5) is 48.1. The molecule has 0 aromatic rings. The minimum atomic E-state index is -1.53. The van der Waals surface area contributed by atoms with E-state index < -0.39 is 41.4 Å². The Hall–Kier alpha value is -2.58. The van der Waals surface area contributed by atoms with E-state index >= 15 is 0 Å². The zero-order valence-electron chi connectivity index (χ0n) is 16.9. The molecule has 0 aromatic heterocycles. The number of aliphatic carboxylic acids is 1. The second-order valence-corrected chi connectivity index (χ2v) is 7.69. The van der Waals surface area contributed by atoms with E-state index in [1.165, 1.54) is 13.2 Å². The first-order valence-electron chi connectivity index (χ1n) is 8.40. The lowest BCUT2D eigenvalue weighted by Gasteiger charge is -2.31. The highest BCUT2D eigenvalue weighted by atomic mass is 16.6. The maximum Gasteiger partial charge on any atom is 0.420 e. The van der Waals surface area contributed by atoms with Crippen LogP contribution < -0.4 is 0 Å². The molecule has 0 aliphatic heterocycles. The Balaban J connectivity index is 5.56. The van der Waals surface area contributed by atoms with E-state index in [1.807, 2.05) is 0 Å². The molecule has 1 unspecified atom stereocenters. The molecular formula is C18H29NO8. The van der Waals surface area contributed by atoms with Crippen LogP contribution in [0, 0.1) is 0 Å². The Morgan fingerprint density at radius 1 is 0.963 bits per heavy atom. The van der Waals surface area contributed by atoms with Crippen LogP contribution in [0.1, 0.15) is 54.4 Å². The number of allylic oxidation sites excluding steroid dienone is 1. The van der Waals surface area contributed by atoms with E-state index in [1.54, 1.807) is 41.5 Å². The van der Waals surface area contributed by atoms with Crippen molar-refractivity contribution in [2.75, 3.05) is 7.11 Å². The van der Waals surface area contributed by atoms with Crippen molar-refractivity contribution in [2.45, 2.75) is 71.6 Å². The van der Waals surface area contributed by atoms with Gasteiger partial charge in [0, 0.05) is 6.08 Å². The zero-order chi connectivity index (χ0) is 21.4. The smallest absolute Gasteiger partial charge is 0.420 e. The molecule has 0 heterocycles. The fraction of sp³-hybridized carbons (Fsp3) is 0.667. The van der Waals surface area contributed by atoms with Crippen LogP contribution in [0.25, 0.3) is 0 Å². The number of ether oxygens (including phenoxy) is 3. The molecule has 9 heteroatoms. The number of nitrogens with zero attached hydrogens (tertiary/aromatic N) is 1. The number of hydrogen-bond acceptors (Lipinski definition) is 7. The van der Waals surface area contributed by atoms with Crippen LogP contribution in [0.2, 0.25) is 0 Å². The molecular weight excluding hydrogens is 358 g/mol. The van der Waals surface area contributed by atoms with Crippen molar-refractivity contribution in [1.82, 2.24) is 4.90 Å². The molecule has 1 N–H and O–H groups in total. The van der Waals surface area contributed by atoms with Gasteiger partial charge in [0.05, 0.1) is 7.11 Å². The number of amides is 2. The third-order valence-electron chi connectivity index (χ3n) is 2.84. The normalized spacial score (nSPS) is 13.0. The molecule has 9 nitrogen and oxygen atoms in total. The predicted octanol–water partition coefficient (Wildman–Crippen LogP) is 3.12. The van der Waals surface area contributed by atoms with E-state index in [0.717, 1.165) is 6.08 Å². The molecule has 0 spiro atoms. The van der Waals surface area contributed by atoms with Gasteiger partial charge in [-0.15, -0.1) is 0 Å². The standard InChI is InChI=1S/C18H29NO8/c1-17(2,3)26-15(23)19(16(24)27-18(4,5)6)12(14(21)22)10-8-9-11-13(20)25-7/h9,11-12H,8,10H2,1-7H3,(H,21,22)/b11-9+. The number of carbonyl (C=O) groups excluding carboxylic acids is 3. The van der Waals surface area contributed by atoms with Gasteiger partial charge in [0.15, 0.2) is 0 Å². The Morgan fingerprint density at radius 2 is 1.41 bits per heavy atom. The summed E-state index contributed by atoms with van der Waals surface area (Å²) in [6.45, 7) is 9.54. The van der Waals surface area contributed by atoms with Crippen LogP contribution in [0.3, 0.4) is 0 Å². The summed E-state index contributed by atoms with van der Waals surface area (Å²) in [5, 5.41) is 9.52. The van der Waals surface area contributed by atoms with Crippen molar-refractivity contribution in [2.24, 2.45) is 0 Å². The molecule has 0 saturated carbocycles. The van der Waals surface area contributed by atoms with Gasteiger partial charge in [-0.2, -0.15) is 4.90 Å². The maximum absolute atomic E-state index is 12.5.